The topological polar surface area (TPSA) is 83.7 Å². The number of fused-ring (bicyclic) bond motifs is 1. The largest absolute Gasteiger partial charge is 0.459 e. The Morgan fingerprint density at radius 1 is 1.27 bits per heavy atom. The molecule has 0 aliphatic rings. The summed E-state index contributed by atoms with van der Waals surface area (Å²) in [6.45, 7) is 2.82. The van der Waals surface area contributed by atoms with Crippen LogP contribution in [0.15, 0.2) is 33.7 Å². The maximum atomic E-state index is 11.1. The molecule has 1 aromatic carbocycles. The lowest BCUT2D eigenvalue weighted by Gasteiger charge is -2.10. The maximum absolute atomic E-state index is 11.1. The third-order valence-corrected chi connectivity index (χ3v) is 4.29. The molecule has 6 nitrogen and oxygen atoms in total. The summed E-state index contributed by atoms with van der Waals surface area (Å²) in [6.07, 6.45) is 1.21. The van der Waals surface area contributed by atoms with E-state index in [2.05, 4.69) is 15.6 Å². The molecule has 2 aromatic rings. The van der Waals surface area contributed by atoms with Gasteiger partial charge in [0.05, 0.1) is 12.3 Å². The van der Waals surface area contributed by atoms with Crippen LogP contribution in [-0.4, -0.2) is 40.0 Å². The van der Waals surface area contributed by atoms with Crippen molar-refractivity contribution in [2.45, 2.75) is 13.5 Å². The van der Waals surface area contributed by atoms with Crippen molar-refractivity contribution in [1.82, 2.24) is 10.6 Å². The minimum atomic E-state index is -2.98. The van der Waals surface area contributed by atoms with Gasteiger partial charge >= 0.3 is 0 Å². The molecule has 0 spiro atoms. The smallest absolute Gasteiger partial charge is 0.191 e. The molecule has 0 saturated heterocycles. The number of nitrogens with zero attached hydrogens (tertiary/aromatic N) is 1. The first kappa shape index (κ1) is 16.4. The van der Waals surface area contributed by atoms with Gasteiger partial charge < -0.3 is 15.1 Å². The van der Waals surface area contributed by atoms with Crippen LogP contribution in [0.5, 0.6) is 0 Å². The molecule has 0 aliphatic heterocycles. The molecule has 0 saturated carbocycles. The average molecular weight is 323 g/mol. The Hall–Kier alpha value is -2.02. The monoisotopic (exact) mass is 323 g/mol. The summed E-state index contributed by atoms with van der Waals surface area (Å²) in [5.41, 5.74) is 1.95. The van der Waals surface area contributed by atoms with Gasteiger partial charge in [0.15, 0.2) is 5.96 Å². The highest BCUT2D eigenvalue weighted by Crippen LogP contribution is 2.24. The second kappa shape index (κ2) is 6.83. The molecule has 1 aromatic heterocycles. The third kappa shape index (κ3) is 4.24. The van der Waals surface area contributed by atoms with E-state index in [9.17, 15) is 8.42 Å². The van der Waals surface area contributed by atoms with Crippen LogP contribution in [0, 0.1) is 6.92 Å². The zero-order valence-electron chi connectivity index (χ0n) is 13.0. The fraction of sp³-hybridized carbons (Fsp3) is 0.400. The molecule has 0 atom stereocenters. The Bertz CT molecular complexity index is 778. The normalized spacial score (nSPS) is 12.6. The molecule has 7 heteroatoms. The van der Waals surface area contributed by atoms with E-state index in [0.717, 1.165) is 22.3 Å². The van der Waals surface area contributed by atoms with Crippen LogP contribution in [0.25, 0.3) is 11.0 Å². The summed E-state index contributed by atoms with van der Waals surface area (Å²) in [5, 5.41) is 7.19. The predicted octanol–water partition coefficient (Wildman–Crippen LogP) is 1.45. The molecular formula is C15H21N3O3S. The summed E-state index contributed by atoms with van der Waals surface area (Å²) < 4.78 is 28.0. The van der Waals surface area contributed by atoms with Crippen LogP contribution in [0.3, 0.4) is 0 Å². The first-order chi connectivity index (χ1) is 10.4. The molecule has 0 fully saturated rings. The lowest BCUT2D eigenvalue weighted by Crippen LogP contribution is -2.39. The SMILES string of the molecule is CN=C(NCCS(C)(=O)=O)NCc1oc2ccccc2c1C. The van der Waals surface area contributed by atoms with Crippen molar-refractivity contribution >= 4 is 26.8 Å². The van der Waals surface area contributed by atoms with E-state index < -0.39 is 9.84 Å². The molecule has 120 valence electrons. The zero-order chi connectivity index (χ0) is 16.2. The summed E-state index contributed by atoms with van der Waals surface area (Å²) in [5.74, 6) is 1.45. The Morgan fingerprint density at radius 2 is 2.00 bits per heavy atom. The zero-order valence-corrected chi connectivity index (χ0v) is 13.8. The summed E-state index contributed by atoms with van der Waals surface area (Å²) in [4.78, 5) is 4.06. The van der Waals surface area contributed by atoms with Gasteiger partial charge in [-0.3, -0.25) is 4.99 Å². The predicted molar refractivity (Wildman–Crippen MR) is 88.9 cm³/mol. The molecule has 1 heterocycles. The van der Waals surface area contributed by atoms with Gasteiger partial charge in [-0.1, -0.05) is 18.2 Å². The maximum Gasteiger partial charge on any atom is 0.191 e. The van der Waals surface area contributed by atoms with Gasteiger partial charge in [-0.15, -0.1) is 0 Å². The quantitative estimate of drug-likeness (QED) is 0.643. The molecule has 0 bridgehead atoms. The van der Waals surface area contributed by atoms with E-state index in [1.165, 1.54) is 6.26 Å². The number of benzene rings is 1. The van der Waals surface area contributed by atoms with Crippen molar-refractivity contribution in [1.29, 1.82) is 0 Å². The van der Waals surface area contributed by atoms with E-state index in [0.29, 0.717) is 19.0 Å². The number of rotatable bonds is 5. The highest BCUT2D eigenvalue weighted by molar-refractivity contribution is 7.90. The van der Waals surface area contributed by atoms with Crippen LogP contribution in [-0.2, 0) is 16.4 Å². The van der Waals surface area contributed by atoms with Gasteiger partial charge in [0, 0.05) is 30.8 Å². The number of para-hydroxylation sites is 1. The number of nitrogens with one attached hydrogen (secondary N) is 2. The van der Waals surface area contributed by atoms with Gasteiger partial charge in [-0.05, 0) is 13.0 Å². The van der Waals surface area contributed by atoms with Gasteiger partial charge in [0.1, 0.15) is 21.2 Å². The molecule has 0 aliphatic carbocycles. The van der Waals surface area contributed by atoms with E-state index in [1.54, 1.807) is 7.05 Å². The van der Waals surface area contributed by atoms with E-state index >= 15 is 0 Å². The Morgan fingerprint density at radius 3 is 2.64 bits per heavy atom. The number of aliphatic imine (C=N–C) groups is 1. The van der Waals surface area contributed by atoms with Crippen LogP contribution >= 0.6 is 0 Å². The third-order valence-electron chi connectivity index (χ3n) is 3.35. The number of hydrogen-bond acceptors (Lipinski definition) is 4. The molecule has 2 N–H and O–H groups in total. The number of furan rings is 1. The van der Waals surface area contributed by atoms with Gasteiger partial charge in [0.2, 0.25) is 0 Å². The molecule has 0 amide bonds. The van der Waals surface area contributed by atoms with Crippen LogP contribution in [0.2, 0.25) is 0 Å². The van der Waals surface area contributed by atoms with Crippen molar-refractivity contribution in [3.63, 3.8) is 0 Å². The molecular weight excluding hydrogens is 302 g/mol. The van der Waals surface area contributed by atoms with Crippen molar-refractivity contribution < 1.29 is 12.8 Å². The number of sulfone groups is 1. The highest BCUT2D eigenvalue weighted by Gasteiger charge is 2.10. The van der Waals surface area contributed by atoms with Crippen molar-refractivity contribution in [2.75, 3.05) is 25.6 Å². The summed E-state index contributed by atoms with van der Waals surface area (Å²) in [6, 6.07) is 7.88. The van der Waals surface area contributed by atoms with E-state index in [4.69, 9.17) is 4.42 Å². The highest BCUT2D eigenvalue weighted by atomic mass is 32.2. The van der Waals surface area contributed by atoms with E-state index in [-0.39, 0.29) is 5.75 Å². The number of hydrogen-bond donors (Lipinski definition) is 2. The molecule has 22 heavy (non-hydrogen) atoms. The fourth-order valence-electron chi connectivity index (χ4n) is 2.13. The van der Waals surface area contributed by atoms with E-state index in [1.807, 2.05) is 31.2 Å². The number of aryl methyl sites for hydroxylation is 1. The van der Waals surface area contributed by atoms with Gasteiger partial charge in [-0.2, -0.15) is 0 Å². The van der Waals surface area contributed by atoms with Crippen molar-refractivity contribution in [3.8, 4) is 0 Å². The number of guanidine groups is 1. The first-order valence-corrected chi connectivity index (χ1v) is 9.06. The first-order valence-electron chi connectivity index (χ1n) is 7.00. The van der Waals surface area contributed by atoms with Crippen LogP contribution in [0.1, 0.15) is 11.3 Å². The molecule has 0 radical (unpaired) electrons. The van der Waals surface area contributed by atoms with Crippen molar-refractivity contribution in [2.24, 2.45) is 4.99 Å². The van der Waals surface area contributed by atoms with Crippen LogP contribution in [0.4, 0.5) is 0 Å². The standard InChI is InChI=1S/C15H21N3O3S/c1-11-12-6-4-5-7-13(12)21-14(11)10-18-15(16-2)17-8-9-22(3,19)20/h4-7H,8-10H2,1-3H3,(H2,16,17,18). The fourth-order valence-corrected chi connectivity index (χ4v) is 2.61. The van der Waals surface area contributed by atoms with Gasteiger partial charge in [0.25, 0.3) is 0 Å². The Kier molecular flexibility index (Phi) is 5.07. The lowest BCUT2D eigenvalue weighted by atomic mass is 10.1. The van der Waals surface area contributed by atoms with Gasteiger partial charge in [-0.25, -0.2) is 8.42 Å². The lowest BCUT2D eigenvalue weighted by molar-refractivity contribution is 0.534. The molecule has 0 unspecified atom stereocenters. The molecule has 2 rings (SSSR count). The summed E-state index contributed by atoms with van der Waals surface area (Å²) in [7, 11) is -1.34. The summed E-state index contributed by atoms with van der Waals surface area (Å²) >= 11 is 0. The second-order valence-electron chi connectivity index (χ2n) is 5.13. The van der Waals surface area contributed by atoms with Crippen LogP contribution < -0.4 is 10.6 Å². The second-order valence-corrected chi connectivity index (χ2v) is 7.39. The van der Waals surface area contributed by atoms with Crippen molar-refractivity contribution in [3.05, 3.63) is 35.6 Å². The minimum absolute atomic E-state index is 0.0668. The average Bonchev–Trinajstić information content (AvgIpc) is 2.78. The Balaban J connectivity index is 1.96. The minimum Gasteiger partial charge on any atom is -0.459 e. The Labute approximate surface area is 130 Å².